The van der Waals surface area contributed by atoms with Gasteiger partial charge in [-0.15, -0.1) is 0 Å². The Hall–Kier alpha value is -1.79. The number of primary amides is 1. The van der Waals surface area contributed by atoms with E-state index in [-0.39, 0.29) is 0 Å². The van der Waals surface area contributed by atoms with E-state index in [1.54, 1.807) is 7.11 Å². The van der Waals surface area contributed by atoms with Gasteiger partial charge in [-0.1, -0.05) is 0 Å². The molecular weight excluding hydrogens is 294 g/mol. The van der Waals surface area contributed by atoms with E-state index < -0.39 is 5.91 Å². The highest BCUT2D eigenvalue weighted by atomic mass is 16.5. The number of nitrogens with zero attached hydrogens (tertiary/aromatic N) is 1. The van der Waals surface area contributed by atoms with Crippen molar-refractivity contribution in [3.05, 3.63) is 22.8 Å². The molecule has 0 atom stereocenters. The number of hydrogen-bond donors (Lipinski definition) is 2. The lowest BCUT2D eigenvalue weighted by molar-refractivity contribution is 0.0123. The maximum Gasteiger partial charge on any atom is 0.251 e. The molecule has 1 amide bonds. The number of rotatable bonds is 6. The summed E-state index contributed by atoms with van der Waals surface area (Å²) in [6.07, 6.45) is 2.31. The van der Waals surface area contributed by atoms with Crippen LogP contribution >= 0.6 is 0 Å². The van der Waals surface area contributed by atoms with Crippen molar-refractivity contribution >= 4 is 11.6 Å². The van der Waals surface area contributed by atoms with Crippen LogP contribution in [0.1, 0.15) is 41.3 Å². The molecule has 0 radical (unpaired) electrons. The molecule has 0 saturated carbocycles. The fraction of sp³-hybridized carbons (Fsp3) is 0.588. The van der Waals surface area contributed by atoms with Gasteiger partial charge >= 0.3 is 0 Å². The van der Waals surface area contributed by atoms with Gasteiger partial charge < -0.3 is 20.9 Å². The number of methoxy groups -OCH3 is 1. The van der Waals surface area contributed by atoms with Crippen molar-refractivity contribution in [3.8, 4) is 5.75 Å². The summed E-state index contributed by atoms with van der Waals surface area (Å²) >= 11 is 0. The number of benzene rings is 1. The summed E-state index contributed by atoms with van der Waals surface area (Å²) in [4.78, 5) is 14.2. The van der Waals surface area contributed by atoms with Crippen LogP contribution in [-0.4, -0.2) is 43.7 Å². The average Bonchev–Trinajstić information content (AvgIpc) is 2.52. The lowest BCUT2D eigenvalue weighted by atomic mass is 9.98. The largest absolute Gasteiger partial charge is 0.496 e. The molecule has 0 spiro atoms. The number of nitrogen functional groups attached to an aromatic ring is 1. The van der Waals surface area contributed by atoms with E-state index in [4.69, 9.17) is 20.9 Å². The van der Waals surface area contributed by atoms with Crippen molar-refractivity contribution in [2.75, 3.05) is 32.5 Å². The zero-order chi connectivity index (χ0) is 17.0. The first-order chi connectivity index (χ1) is 11.0. The summed E-state index contributed by atoms with van der Waals surface area (Å²) in [5.41, 5.74) is 14.0. The predicted octanol–water partition coefficient (Wildman–Crippen LogP) is 1.69. The third-order valence-electron chi connectivity index (χ3n) is 4.43. The van der Waals surface area contributed by atoms with Crippen LogP contribution in [0.25, 0.3) is 0 Å². The number of piperidine rings is 1. The number of carbonyl (C=O) groups is 1. The highest BCUT2D eigenvalue weighted by Crippen LogP contribution is 2.32. The number of anilines is 1. The fourth-order valence-electron chi connectivity index (χ4n) is 3.16. The monoisotopic (exact) mass is 321 g/mol. The van der Waals surface area contributed by atoms with Gasteiger partial charge in [0.1, 0.15) is 5.75 Å². The number of hydrogen-bond acceptors (Lipinski definition) is 5. The van der Waals surface area contributed by atoms with E-state index in [1.165, 1.54) is 0 Å². The lowest BCUT2D eigenvalue weighted by Gasteiger charge is -2.32. The van der Waals surface area contributed by atoms with E-state index in [0.29, 0.717) is 29.6 Å². The van der Waals surface area contributed by atoms with E-state index in [9.17, 15) is 4.79 Å². The SMILES string of the molecule is CCOC1CCN(Cc2c(OC)cc(C)c(N)c2C(N)=O)CC1. The summed E-state index contributed by atoms with van der Waals surface area (Å²) in [5.74, 6) is 0.154. The second kappa shape index (κ2) is 7.66. The highest BCUT2D eigenvalue weighted by molar-refractivity contribution is 6.01. The van der Waals surface area contributed by atoms with E-state index in [2.05, 4.69) is 4.90 Å². The minimum atomic E-state index is -0.510. The van der Waals surface area contributed by atoms with Crippen LogP contribution in [0.4, 0.5) is 5.69 Å². The third-order valence-corrected chi connectivity index (χ3v) is 4.43. The number of aryl methyl sites for hydroxylation is 1. The second-order valence-electron chi connectivity index (χ2n) is 5.96. The molecule has 1 aromatic carbocycles. The Labute approximate surface area is 137 Å². The first-order valence-electron chi connectivity index (χ1n) is 8.07. The zero-order valence-electron chi connectivity index (χ0n) is 14.2. The topological polar surface area (TPSA) is 90.8 Å². The molecule has 0 bridgehead atoms. The average molecular weight is 321 g/mol. The first-order valence-corrected chi connectivity index (χ1v) is 8.07. The zero-order valence-corrected chi connectivity index (χ0v) is 14.2. The molecule has 1 saturated heterocycles. The van der Waals surface area contributed by atoms with Crippen LogP contribution in [0.3, 0.4) is 0 Å². The van der Waals surface area contributed by atoms with Gasteiger partial charge in [-0.3, -0.25) is 9.69 Å². The Morgan fingerprint density at radius 1 is 1.39 bits per heavy atom. The number of carbonyl (C=O) groups excluding carboxylic acids is 1. The summed E-state index contributed by atoms with van der Waals surface area (Å²) in [5, 5.41) is 0. The highest BCUT2D eigenvalue weighted by Gasteiger charge is 2.24. The normalized spacial score (nSPS) is 16.5. The maximum atomic E-state index is 11.9. The molecule has 4 N–H and O–H groups in total. The smallest absolute Gasteiger partial charge is 0.251 e. The van der Waals surface area contributed by atoms with Gasteiger partial charge in [0.05, 0.1) is 18.8 Å². The van der Waals surface area contributed by atoms with Crippen LogP contribution in [0, 0.1) is 6.92 Å². The van der Waals surface area contributed by atoms with Gasteiger partial charge in [-0.25, -0.2) is 0 Å². The van der Waals surface area contributed by atoms with Gasteiger partial charge in [0.15, 0.2) is 0 Å². The van der Waals surface area contributed by atoms with Crippen LogP contribution in [0.5, 0.6) is 5.75 Å². The molecule has 1 fully saturated rings. The van der Waals surface area contributed by atoms with Crippen LogP contribution < -0.4 is 16.2 Å². The fourth-order valence-corrected chi connectivity index (χ4v) is 3.16. The first kappa shape index (κ1) is 17.6. The number of amides is 1. The molecule has 2 rings (SSSR count). The van der Waals surface area contributed by atoms with Gasteiger partial charge in [0, 0.05) is 37.5 Å². The van der Waals surface area contributed by atoms with Crippen molar-refractivity contribution in [3.63, 3.8) is 0 Å². The molecular formula is C17H27N3O3. The van der Waals surface area contributed by atoms with Crippen molar-refractivity contribution < 1.29 is 14.3 Å². The predicted molar refractivity (Wildman–Crippen MR) is 90.6 cm³/mol. The standard InChI is InChI=1S/C17H27N3O3/c1-4-23-12-5-7-20(8-6-12)10-13-14(22-3)9-11(2)16(18)15(13)17(19)21/h9,12H,4-8,10,18H2,1-3H3,(H2,19,21). The van der Waals surface area contributed by atoms with Gasteiger partial charge in [0.2, 0.25) is 0 Å². The molecule has 1 aromatic rings. The Morgan fingerprint density at radius 3 is 2.57 bits per heavy atom. The number of nitrogens with two attached hydrogens (primary N) is 2. The molecule has 23 heavy (non-hydrogen) atoms. The Kier molecular flexibility index (Phi) is 5.85. The molecule has 0 unspecified atom stereocenters. The second-order valence-corrected chi connectivity index (χ2v) is 5.96. The summed E-state index contributed by atoms with van der Waals surface area (Å²) < 4.78 is 11.1. The number of likely N-dealkylation sites (tertiary alicyclic amines) is 1. The molecule has 128 valence electrons. The minimum Gasteiger partial charge on any atom is -0.496 e. The van der Waals surface area contributed by atoms with Gasteiger partial charge in [-0.05, 0) is 38.3 Å². The summed E-state index contributed by atoms with van der Waals surface area (Å²) in [6, 6.07) is 1.87. The van der Waals surface area contributed by atoms with Gasteiger partial charge in [0.25, 0.3) is 5.91 Å². The van der Waals surface area contributed by atoms with Gasteiger partial charge in [-0.2, -0.15) is 0 Å². The Balaban J connectivity index is 2.22. The number of ether oxygens (including phenoxy) is 2. The summed E-state index contributed by atoms with van der Waals surface area (Å²) in [7, 11) is 1.60. The quantitative estimate of drug-likeness (QED) is 0.778. The molecule has 6 heteroatoms. The van der Waals surface area contributed by atoms with Crippen molar-refractivity contribution in [2.24, 2.45) is 5.73 Å². The maximum absolute atomic E-state index is 11.9. The van der Waals surface area contributed by atoms with Crippen molar-refractivity contribution in [2.45, 2.75) is 39.3 Å². The van der Waals surface area contributed by atoms with E-state index >= 15 is 0 Å². The summed E-state index contributed by atoms with van der Waals surface area (Å²) in [6.45, 7) is 7.05. The van der Waals surface area contributed by atoms with E-state index in [1.807, 2.05) is 19.9 Å². The third kappa shape index (κ3) is 3.95. The Bertz CT molecular complexity index is 567. The van der Waals surface area contributed by atoms with Crippen molar-refractivity contribution in [1.29, 1.82) is 0 Å². The lowest BCUT2D eigenvalue weighted by Crippen LogP contribution is -2.37. The van der Waals surface area contributed by atoms with Crippen LogP contribution in [-0.2, 0) is 11.3 Å². The molecule has 6 nitrogen and oxygen atoms in total. The van der Waals surface area contributed by atoms with Crippen molar-refractivity contribution in [1.82, 2.24) is 4.90 Å². The molecule has 1 aliphatic heterocycles. The molecule has 0 aromatic heterocycles. The molecule has 0 aliphatic carbocycles. The van der Waals surface area contributed by atoms with E-state index in [0.717, 1.165) is 43.7 Å². The Morgan fingerprint density at radius 2 is 2.04 bits per heavy atom. The molecule has 1 aliphatic rings. The van der Waals surface area contributed by atoms with Crippen LogP contribution in [0.2, 0.25) is 0 Å². The van der Waals surface area contributed by atoms with Crippen LogP contribution in [0.15, 0.2) is 6.07 Å². The minimum absolute atomic E-state index is 0.330. The molecule has 1 heterocycles.